The highest BCUT2D eigenvalue weighted by atomic mass is 16.2. The quantitative estimate of drug-likeness (QED) is 0.868. The molecule has 5 heteroatoms. The molecule has 2 rings (SSSR count). The Kier molecular flexibility index (Phi) is 4.36. The Morgan fingerprint density at radius 1 is 1.56 bits per heavy atom. The Labute approximate surface area is 108 Å². The SMILES string of the molecule is CCCN(C(=O)c1ccn(C)n1)C1CCNCC1. The van der Waals surface area contributed by atoms with Gasteiger partial charge in [-0.3, -0.25) is 9.48 Å². The Hall–Kier alpha value is -1.36. The molecule has 0 aromatic carbocycles. The molecule has 0 aliphatic carbocycles. The minimum absolute atomic E-state index is 0.0735. The number of carbonyl (C=O) groups excluding carboxylic acids is 1. The maximum atomic E-state index is 12.5. The summed E-state index contributed by atoms with van der Waals surface area (Å²) in [7, 11) is 1.84. The molecule has 1 aliphatic rings. The molecule has 1 aromatic heterocycles. The summed E-state index contributed by atoms with van der Waals surface area (Å²) in [6, 6.07) is 2.16. The van der Waals surface area contributed by atoms with Gasteiger partial charge in [-0.05, 0) is 38.4 Å². The maximum Gasteiger partial charge on any atom is 0.274 e. The van der Waals surface area contributed by atoms with Gasteiger partial charge in [0.1, 0.15) is 5.69 Å². The molecule has 0 bridgehead atoms. The van der Waals surface area contributed by atoms with Gasteiger partial charge in [-0.15, -0.1) is 0 Å². The number of amides is 1. The van der Waals surface area contributed by atoms with E-state index in [-0.39, 0.29) is 5.91 Å². The van der Waals surface area contributed by atoms with Crippen LogP contribution in [0, 0.1) is 0 Å². The van der Waals surface area contributed by atoms with Crippen molar-refractivity contribution < 1.29 is 4.79 Å². The van der Waals surface area contributed by atoms with E-state index in [4.69, 9.17) is 0 Å². The largest absolute Gasteiger partial charge is 0.334 e. The fraction of sp³-hybridized carbons (Fsp3) is 0.692. The number of aryl methyl sites for hydroxylation is 1. The minimum Gasteiger partial charge on any atom is -0.334 e. The van der Waals surface area contributed by atoms with E-state index in [0.717, 1.165) is 38.9 Å². The number of hydrogen-bond donors (Lipinski definition) is 1. The average molecular weight is 250 g/mol. The van der Waals surface area contributed by atoms with Crippen molar-refractivity contribution in [3.63, 3.8) is 0 Å². The average Bonchev–Trinajstić information content (AvgIpc) is 2.83. The number of rotatable bonds is 4. The molecule has 0 unspecified atom stereocenters. The molecule has 1 aliphatic heterocycles. The van der Waals surface area contributed by atoms with Crippen molar-refractivity contribution in [3.05, 3.63) is 18.0 Å². The lowest BCUT2D eigenvalue weighted by Gasteiger charge is -2.34. The molecule has 1 N–H and O–H groups in total. The summed E-state index contributed by atoms with van der Waals surface area (Å²) in [5, 5.41) is 7.56. The molecular formula is C13H22N4O. The molecule has 0 spiro atoms. The van der Waals surface area contributed by atoms with E-state index in [0.29, 0.717) is 11.7 Å². The van der Waals surface area contributed by atoms with Crippen molar-refractivity contribution in [1.29, 1.82) is 0 Å². The van der Waals surface area contributed by atoms with Crippen LogP contribution < -0.4 is 5.32 Å². The first-order chi connectivity index (χ1) is 8.72. The predicted molar refractivity (Wildman–Crippen MR) is 70.4 cm³/mol. The molecule has 1 saturated heterocycles. The fourth-order valence-corrected chi connectivity index (χ4v) is 2.49. The molecule has 0 atom stereocenters. The zero-order valence-electron chi connectivity index (χ0n) is 11.2. The second-order valence-electron chi connectivity index (χ2n) is 4.85. The van der Waals surface area contributed by atoms with Gasteiger partial charge in [0.05, 0.1) is 0 Å². The van der Waals surface area contributed by atoms with Crippen LogP contribution >= 0.6 is 0 Å². The van der Waals surface area contributed by atoms with Crippen LogP contribution in [0.4, 0.5) is 0 Å². The standard InChI is InChI=1S/C13H22N4O/c1-3-9-17(11-4-7-14-8-5-11)13(18)12-6-10-16(2)15-12/h6,10-11,14H,3-5,7-9H2,1-2H3. The van der Waals surface area contributed by atoms with E-state index < -0.39 is 0 Å². The Morgan fingerprint density at radius 2 is 2.28 bits per heavy atom. The molecule has 100 valence electrons. The van der Waals surface area contributed by atoms with E-state index in [1.165, 1.54) is 0 Å². The molecule has 0 saturated carbocycles. The lowest BCUT2D eigenvalue weighted by molar-refractivity contribution is 0.0636. The molecule has 1 fully saturated rings. The van der Waals surface area contributed by atoms with E-state index in [1.807, 2.05) is 18.1 Å². The molecule has 18 heavy (non-hydrogen) atoms. The molecule has 1 aromatic rings. The van der Waals surface area contributed by atoms with Crippen molar-refractivity contribution >= 4 is 5.91 Å². The molecule has 5 nitrogen and oxygen atoms in total. The smallest absolute Gasteiger partial charge is 0.274 e. The van der Waals surface area contributed by atoms with Gasteiger partial charge < -0.3 is 10.2 Å². The van der Waals surface area contributed by atoms with Gasteiger partial charge in [-0.1, -0.05) is 6.92 Å². The van der Waals surface area contributed by atoms with Gasteiger partial charge in [0.15, 0.2) is 0 Å². The van der Waals surface area contributed by atoms with Crippen LogP contribution in [0.3, 0.4) is 0 Å². The van der Waals surface area contributed by atoms with Gasteiger partial charge in [-0.2, -0.15) is 5.10 Å². The first-order valence-corrected chi connectivity index (χ1v) is 6.73. The highest BCUT2D eigenvalue weighted by Gasteiger charge is 2.26. The molecule has 0 radical (unpaired) electrons. The summed E-state index contributed by atoms with van der Waals surface area (Å²) in [6.07, 6.45) is 4.89. The van der Waals surface area contributed by atoms with Crippen LogP contribution in [0.15, 0.2) is 12.3 Å². The van der Waals surface area contributed by atoms with Crippen molar-refractivity contribution in [2.75, 3.05) is 19.6 Å². The van der Waals surface area contributed by atoms with Crippen molar-refractivity contribution in [3.8, 4) is 0 Å². The predicted octanol–water partition coefficient (Wildman–Crippen LogP) is 1.02. The second-order valence-corrected chi connectivity index (χ2v) is 4.85. The Balaban J connectivity index is 2.10. The van der Waals surface area contributed by atoms with Crippen LogP contribution in [0.25, 0.3) is 0 Å². The zero-order chi connectivity index (χ0) is 13.0. The van der Waals surface area contributed by atoms with E-state index in [2.05, 4.69) is 17.3 Å². The number of aromatic nitrogens is 2. The molecule has 2 heterocycles. The number of carbonyl (C=O) groups is 1. The summed E-state index contributed by atoms with van der Waals surface area (Å²) in [6.45, 7) is 4.93. The topological polar surface area (TPSA) is 50.2 Å². The monoisotopic (exact) mass is 250 g/mol. The van der Waals surface area contributed by atoms with Crippen molar-refractivity contribution in [2.45, 2.75) is 32.2 Å². The summed E-state index contributed by atoms with van der Waals surface area (Å²) >= 11 is 0. The summed E-state index contributed by atoms with van der Waals surface area (Å²) in [5.74, 6) is 0.0735. The fourth-order valence-electron chi connectivity index (χ4n) is 2.49. The number of piperidine rings is 1. The first kappa shape index (κ1) is 13.1. The van der Waals surface area contributed by atoms with E-state index >= 15 is 0 Å². The van der Waals surface area contributed by atoms with E-state index in [9.17, 15) is 4.79 Å². The van der Waals surface area contributed by atoms with E-state index in [1.54, 1.807) is 10.7 Å². The Bertz CT molecular complexity index is 395. The van der Waals surface area contributed by atoms with Gasteiger partial charge in [-0.25, -0.2) is 0 Å². The highest BCUT2D eigenvalue weighted by molar-refractivity contribution is 5.92. The van der Waals surface area contributed by atoms with Crippen molar-refractivity contribution in [1.82, 2.24) is 20.0 Å². The second kappa shape index (κ2) is 6.00. The minimum atomic E-state index is 0.0735. The zero-order valence-corrected chi connectivity index (χ0v) is 11.2. The Morgan fingerprint density at radius 3 is 2.83 bits per heavy atom. The van der Waals surface area contributed by atoms with Gasteiger partial charge in [0, 0.05) is 25.8 Å². The van der Waals surface area contributed by atoms with Crippen molar-refractivity contribution in [2.24, 2.45) is 7.05 Å². The number of nitrogens with one attached hydrogen (secondary N) is 1. The first-order valence-electron chi connectivity index (χ1n) is 6.73. The third-order valence-electron chi connectivity index (χ3n) is 3.41. The van der Waals surface area contributed by atoms with Gasteiger partial charge in [0.2, 0.25) is 0 Å². The molecular weight excluding hydrogens is 228 g/mol. The lowest BCUT2D eigenvalue weighted by Crippen LogP contribution is -2.46. The third-order valence-corrected chi connectivity index (χ3v) is 3.41. The summed E-state index contributed by atoms with van der Waals surface area (Å²) < 4.78 is 1.68. The van der Waals surface area contributed by atoms with Gasteiger partial charge >= 0.3 is 0 Å². The molecule has 1 amide bonds. The van der Waals surface area contributed by atoms with Crippen LogP contribution in [0.1, 0.15) is 36.7 Å². The van der Waals surface area contributed by atoms with Crippen LogP contribution in [0.2, 0.25) is 0 Å². The van der Waals surface area contributed by atoms with Gasteiger partial charge in [0.25, 0.3) is 5.91 Å². The maximum absolute atomic E-state index is 12.5. The summed E-state index contributed by atoms with van der Waals surface area (Å²) in [5.41, 5.74) is 0.560. The highest BCUT2D eigenvalue weighted by Crippen LogP contribution is 2.15. The van der Waals surface area contributed by atoms with Crippen LogP contribution in [0.5, 0.6) is 0 Å². The lowest BCUT2D eigenvalue weighted by atomic mass is 10.0. The number of nitrogens with zero attached hydrogens (tertiary/aromatic N) is 3. The normalized spacial score (nSPS) is 16.8. The third kappa shape index (κ3) is 2.90. The summed E-state index contributed by atoms with van der Waals surface area (Å²) in [4.78, 5) is 14.5. The van der Waals surface area contributed by atoms with Crippen LogP contribution in [-0.4, -0.2) is 46.3 Å². The number of hydrogen-bond acceptors (Lipinski definition) is 3. The van der Waals surface area contributed by atoms with Crippen LogP contribution in [-0.2, 0) is 7.05 Å².